The zero-order valence-electron chi connectivity index (χ0n) is 11.8. The molecule has 0 fully saturated rings. The Kier molecular flexibility index (Phi) is 4.24. The summed E-state index contributed by atoms with van der Waals surface area (Å²) < 4.78 is 39.9. The summed E-state index contributed by atoms with van der Waals surface area (Å²) in [7, 11) is 0. The number of benzene rings is 1. The Bertz CT molecular complexity index is 766. The maximum atomic E-state index is 12.9. The third-order valence-corrected chi connectivity index (χ3v) is 3.56. The van der Waals surface area contributed by atoms with E-state index >= 15 is 0 Å². The molecular weight excluding hydrogens is 319 g/mol. The molecule has 0 atom stereocenters. The summed E-state index contributed by atoms with van der Waals surface area (Å²) in [6, 6.07) is 4.46. The second-order valence-corrected chi connectivity index (χ2v) is 5.48. The van der Waals surface area contributed by atoms with E-state index in [-0.39, 0.29) is 17.2 Å². The molecule has 0 saturated carbocycles. The molecule has 118 valence electrons. The highest BCUT2D eigenvalue weighted by Gasteiger charge is 2.33. The number of pyridine rings is 1. The van der Waals surface area contributed by atoms with Crippen LogP contribution in [0.25, 0.3) is 11.1 Å². The van der Waals surface area contributed by atoms with Crippen LogP contribution in [0, 0.1) is 0 Å². The maximum absolute atomic E-state index is 12.9. The van der Waals surface area contributed by atoms with Crippen molar-refractivity contribution < 1.29 is 18.3 Å². The van der Waals surface area contributed by atoms with Gasteiger partial charge in [-0.3, -0.25) is 4.79 Å². The van der Waals surface area contributed by atoms with Crippen molar-refractivity contribution in [3.05, 3.63) is 51.4 Å². The van der Waals surface area contributed by atoms with Crippen LogP contribution in [-0.2, 0) is 6.18 Å². The SMILES string of the molecule is CC(C)n1ccc(-c2ccc(Cl)c(C(F)(F)F)c2)c(O)c1=O. The van der Waals surface area contributed by atoms with E-state index in [0.29, 0.717) is 0 Å². The second kappa shape index (κ2) is 5.68. The molecule has 0 amide bonds. The van der Waals surface area contributed by atoms with Crippen LogP contribution in [0.1, 0.15) is 25.5 Å². The van der Waals surface area contributed by atoms with Crippen molar-refractivity contribution in [1.29, 1.82) is 0 Å². The minimum absolute atomic E-state index is 0.0315. The number of halogens is 4. The Labute approximate surface area is 129 Å². The van der Waals surface area contributed by atoms with Crippen LogP contribution in [0.15, 0.2) is 35.3 Å². The van der Waals surface area contributed by atoms with E-state index in [1.807, 2.05) is 0 Å². The fourth-order valence-electron chi connectivity index (χ4n) is 2.09. The molecule has 7 heteroatoms. The highest BCUT2D eigenvalue weighted by Crippen LogP contribution is 2.38. The van der Waals surface area contributed by atoms with Gasteiger partial charge in [-0.15, -0.1) is 0 Å². The van der Waals surface area contributed by atoms with Crippen LogP contribution in [0.3, 0.4) is 0 Å². The summed E-state index contributed by atoms with van der Waals surface area (Å²) in [5.41, 5.74) is -1.57. The van der Waals surface area contributed by atoms with Crippen LogP contribution in [0.5, 0.6) is 5.75 Å². The van der Waals surface area contributed by atoms with Gasteiger partial charge >= 0.3 is 6.18 Å². The van der Waals surface area contributed by atoms with Crippen molar-refractivity contribution in [3.8, 4) is 16.9 Å². The molecular formula is C15H13ClF3NO2. The number of hydrogen-bond donors (Lipinski definition) is 1. The summed E-state index contributed by atoms with van der Waals surface area (Å²) in [5, 5.41) is 9.56. The Hall–Kier alpha value is -1.95. The summed E-state index contributed by atoms with van der Waals surface area (Å²) >= 11 is 5.56. The third-order valence-electron chi connectivity index (χ3n) is 3.23. The van der Waals surface area contributed by atoms with Crippen LogP contribution in [0.4, 0.5) is 13.2 Å². The summed E-state index contributed by atoms with van der Waals surface area (Å²) in [4.78, 5) is 12.0. The van der Waals surface area contributed by atoms with E-state index in [2.05, 4.69) is 0 Å². The van der Waals surface area contributed by atoms with Gasteiger partial charge in [-0.1, -0.05) is 17.7 Å². The number of aromatic nitrogens is 1. The molecule has 2 aromatic rings. The molecule has 0 unspecified atom stereocenters. The van der Waals surface area contributed by atoms with Crippen molar-refractivity contribution in [3.63, 3.8) is 0 Å². The van der Waals surface area contributed by atoms with Crippen LogP contribution in [0.2, 0.25) is 5.02 Å². The molecule has 1 N–H and O–H groups in total. The minimum Gasteiger partial charge on any atom is -0.503 e. The van der Waals surface area contributed by atoms with Crippen molar-refractivity contribution in [2.45, 2.75) is 26.1 Å². The molecule has 0 aliphatic rings. The molecule has 1 heterocycles. The van der Waals surface area contributed by atoms with Crippen molar-refractivity contribution in [2.75, 3.05) is 0 Å². The monoisotopic (exact) mass is 331 g/mol. The van der Waals surface area contributed by atoms with E-state index in [1.165, 1.54) is 22.9 Å². The molecule has 3 nitrogen and oxygen atoms in total. The molecule has 22 heavy (non-hydrogen) atoms. The lowest BCUT2D eigenvalue weighted by Gasteiger charge is -2.14. The van der Waals surface area contributed by atoms with E-state index < -0.39 is 28.1 Å². The first kappa shape index (κ1) is 16.4. The predicted molar refractivity (Wildman–Crippen MR) is 78.2 cm³/mol. The first-order chi connectivity index (χ1) is 10.1. The van der Waals surface area contributed by atoms with Gasteiger partial charge in [-0.25, -0.2) is 0 Å². The van der Waals surface area contributed by atoms with Gasteiger partial charge < -0.3 is 9.67 Å². The number of alkyl halides is 3. The molecule has 1 aromatic heterocycles. The number of rotatable bonds is 2. The Balaban J connectivity index is 2.64. The first-order valence-corrected chi connectivity index (χ1v) is 6.82. The number of aromatic hydroxyl groups is 1. The lowest BCUT2D eigenvalue weighted by Crippen LogP contribution is -2.21. The molecule has 2 rings (SSSR count). The van der Waals surface area contributed by atoms with Crippen molar-refractivity contribution in [1.82, 2.24) is 4.57 Å². The van der Waals surface area contributed by atoms with E-state index in [9.17, 15) is 23.1 Å². The Morgan fingerprint density at radius 3 is 2.41 bits per heavy atom. The first-order valence-electron chi connectivity index (χ1n) is 6.44. The smallest absolute Gasteiger partial charge is 0.417 e. The Morgan fingerprint density at radius 2 is 1.86 bits per heavy atom. The van der Waals surface area contributed by atoms with E-state index in [0.717, 1.165) is 12.1 Å². The zero-order valence-corrected chi connectivity index (χ0v) is 12.5. The van der Waals surface area contributed by atoms with E-state index in [1.54, 1.807) is 13.8 Å². The average Bonchev–Trinajstić information content (AvgIpc) is 2.41. The normalized spacial score (nSPS) is 12.0. The van der Waals surface area contributed by atoms with Gasteiger partial charge in [0.1, 0.15) is 0 Å². The van der Waals surface area contributed by atoms with Gasteiger partial charge in [0.15, 0.2) is 5.75 Å². The molecule has 1 aromatic carbocycles. The van der Waals surface area contributed by atoms with Crippen LogP contribution in [-0.4, -0.2) is 9.67 Å². The van der Waals surface area contributed by atoms with Gasteiger partial charge in [0, 0.05) is 17.8 Å². The van der Waals surface area contributed by atoms with Gasteiger partial charge in [0.25, 0.3) is 5.56 Å². The highest BCUT2D eigenvalue weighted by molar-refractivity contribution is 6.31. The van der Waals surface area contributed by atoms with Crippen molar-refractivity contribution >= 4 is 11.6 Å². The van der Waals surface area contributed by atoms with Gasteiger partial charge in [0.2, 0.25) is 0 Å². The molecule has 0 bridgehead atoms. The summed E-state index contributed by atoms with van der Waals surface area (Å²) in [5.74, 6) is -0.591. The lowest BCUT2D eigenvalue weighted by molar-refractivity contribution is -0.137. The maximum Gasteiger partial charge on any atom is 0.417 e. The standard InChI is InChI=1S/C15H13ClF3NO2/c1-8(2)20-6-5-10(13(21)14(20)22)9-3-4-12(16)11(7-9)15(17,18)19/h3-8,21H,1-2H3. The largest absolute Gasteiger partial charge is 0.503 e. The molecule has 0 spiro atoms. The number of nitrogens with zero attached hydrogens (tertiary/aromatic N) is 1. The molecule has 0 saturated heterocycles. The van der Waals surface area contributed by atoms with Crippen LogP contribution < -0.4 is 5.56 Å². The topological polar surface area (TPSA) is 42.2 Å². The lowest BCUT2D eigenvalue weighted by atomic mass is 10.0. The predicted octanol–water partition coefficient (Wildman–Crippen LogP) is 4.47. The fraction of sp³-hybridized carbons (Fsp3) is 0.267. The highest BCUT2D eigenvalue weighted by atomic mass is 35.5. The fourth-order valence-corrected chi connectivity index (χ4v) is 2.31. The summed E-state index contributed by atoms with van der Waals surface area (Å²) in [6.45, 7) is 3.51. The third kappa shape index (κ3) is 2.97. The molecule has 0 aliphatic carbocycles. The molecule has 0 radical (unpaired) electrons. The number of hydrogen-bond acceptors (Lipinski definition) is 2. The van der Waals surface area contributed by atoms with Crippen molar-refractivity contribution in [2.24, 2.45) is 0 Å². The van der Waals surface area contributed by atoms with Gasteiger partial charge in [-0.2, -0.15) is 13.2 Å². The average molecular weight is 332 g/mol. The molecule has 0 aliphatic heterocycles. The zero-order chi connectivity index (χ0) is 16.7. The van der Waals surface area contributed by atoms with Gasteiger partial charge in [-0.05, 0) is 37.6 Å². The van der Waals surface area contributed by atoms with Gasteiger partial charge in [0.05, 0.1) is 10.6 Å². The van der Waals surface area contributed by atoms with Crippen LogP contribution >= 0.6 is 11.6 Å². The second-order valence-electron chi connectivity index (χ2n) is 5.08. The Morgan fingerprint density at radius 1 is 1.23 bits per heavy atom. The minimum atomic E-state index is -4.62. The van der Waals surface area contributed by atoms with E-state index in [4.69, 9.17) is 11.6 Å². The quantitative estimate of drug-likeness (QED) is 0.882. The summed E-state index contributed by atoms with van der Waals surface area (Å²) in [6.07, 6.45) is -3.18.